The zero-order valence-corrected chi connectivity index (χ0v) is 12.0. The number of fused-ring (bicyclic) bond motifs is 1. The molecule has 0 bridgehead atoms. The largest absolute Gasteiger partial charge is 0.323 e. The van der Waals surface area contributed by atoms with Crippen LogP contribution in [0.2, 0.25) is 0 Å². The number of carbonyl (C=O) groups is 1. The molecule has 0 radical (unpaired) electrons. The molecule has 3 aromatic rings. The smallest absolute Gasteiger partial charge is 0.228 e. The molecule has 0 atom stereocenters. The van der Waals surface area contributed by atoms with Gasteiger partial charge in [0, 0.05) is 10.7 Å². The van der Waals surface area contributed by atoms with Gasteiger partial charge in [-0.25, -0.2) is 0 Å². The summed E-state index contributed by atoms with van der Waals surface area (Å²) >= 11 is 3.40. The van der Waals surface area contributed by atoms with Gasteiger partial charge in [0.15, 0.2) is 5.65 Å². The van der Waals surface area contributed by atoms with Crippen molar-refractivity contribution >= 4 is 33.2 Å². The van der Waals surface area contributed by atoms with Crippen molar-refractivity contribution in [2.45, 2.75) is 6.42 Å². The first-order valence-corrected chi connectivity index (χ1v) is 6.84. The molecular formula is C14H11BrN4O. The van der Waals surface area contributed by atoms with Gasteiger partial charge in [-0.15, -0.1) is 10.2 Å². The Hall–Kier alpha value is -2.21. The third-order valence-electron chi connectivity index (χ3n) is 2.84. The molecule has 0 aliphatic carbocycles. The summed E-state index contributed by atoms with van der Waals surface area (Å²) in [6, 6.07) is 11.4. The summed E-state index contributed by atoms with van der Waals surface area (Å²) in [5.74, 6) is -0.0841. The summed E-state index contributed by atoms with van der Waals surface area (Å²) < 4.78 is 2.60. The van der Waals surface area contributed by atoms with Gasteiger partial charge in [-0.2, -0.15) is 0 Å². The van der Waals surface area contributed by atoms with Crippen molar-refractivity contribution in [1.82, 2.24) is 14.6 Å². The average molecular weight is 331 g/mol. The van der Waals surface area contributed by atoms with Crippen LogP contribution < -0.4 is 5.32 Å². The van der Waals surface area contributed by atoms with Crippen LogP contribution >= 0.6 is 15.9 Å². The summed E-state index contributed by atoms with van der Waals surface area (Å²) in [6.45, 7) is 0. The van der Waals surface area contributed by atoms with Crippen molar-refractivity contribution in [2.75, 3.05) is 5.32 Å². The monoisotopic (exact) mass is 330 g/mol. The number of anilines is 1. The highest BCUT2D eigenvalue weighted by atomic mass is 79.9. The predicted molar refractivity (Wildman–Crippen MR) is 79.5 cm³/mol. The number of hydrogen-bond acceptors (Lipinski definition) is 3. The third-order valence-corrected chi connectivity index (χ3v) is 3.27. The Morgan fingerprint density at radius 1 is 1.30 bits per heavy atom. The first kappa shape index (κ1) is 12.8. The Labute approximate surface area is 123 Å². The maximum Gasteiger partial charge on any atom is 0.228 e. The van der Waals surface area contributed by atoms with E-state index >= 15 is 0 Å². The van der Waals surface area contributed by atoms with Crippen LogP contribution in [0.25, 0.3) is 5.65 Å². The number of nitrogens with one attached hydrogen (secondary N) is 1. The summed E-state index contributed by atoms with van der Waals surface area (Å²) in [6.07, 6.45) is 3.75. The van der Waals surface area contributed by atoms with E-state index in [0.717, 1.165) is 10.0 Å². The van der Waals surface area contributed by atoms with Crippen LogP contribution in [-0.4, -0.2) is 20.5 Å². The lowest BCUT2D eigenvalue weighted by atomic mass is 10.1. The molecule has 0 fully saturated rings. The fourth-order valence-electron chi connectivity index (χ4n) is 1.97. The Morgan fingerprint density at radius 2 is 2.10 bits per heavy atom. The van der Waals surface area contributed by atoms with Crippen LogP contribution in [0.1, 0.15) is 5.56 Å². The molecule has 0 aliphatic rings. The lowest BCUT2D eigenvalue weighted by molar-refractivity contribution is -0.115. The first-order valence-electron chi connectivity index (χ1n) is 6.05. The van der Waals surface area contributed by atoms with E-state index in [1.165, 1.54) is 0 Å². The molecule has 2 aromatic heterocycles. The Kier molecular flexibility index (Phi) is 3.47. The number of amides is 1. The van der Waals surface area contributed by atoms with Gasteiger partial charge in [0.2, 0.25) is 5.91 Å². The van der Waals surface area contributed by atoms with Crippen molar-refractivity contribution in [3.05, 3.63) is 59.0 Å². The molecule has 0 aliphatic heterocycles. The Balaban J connectivity index is 1.82. The standard InChI is InChI=1S/C14H11BrN4O/c15-11-7-12(14-18-16-9-19(14)8-11)17-13(20)6-10-4-2-1-3-5-10/h1-5,7-9H,6H2,(H,17,20). The highest BCUT2D eigenvalue weighted by Crippen LogP contribution is 2.20. The molecule has 1 N–H and O–H groups in total. The van der Waals surface area contributed by atoms with E-state index in [1.807, 2.05) is 42.6 Å². The van der Waals surface area contributed by atoms with Crippen LogP contribution in [0.5, 0.6) is 0 Å². The third kappa shape index (κ3) is 2.70. The molecule has 0 saturated carbocycles. The summed E-state index contributed by atoms with van der Waals surface area (Å²) in [5.41, 5.74) is 2.23. The fourth-order valence-corrected chi connectivity index (χ4v) is 2.42. The fraction of sp³-hybridized carbons (Fsp3) is 0.0714. The van der Waals surface area contributed by atoms with E-state index in [1.54, 1.807) is 10.7 Å². The van der Waals surface area contributed by atoms with Crippen molar-refractivity contribution in [1.29, 1.82) is 0 Å². The van der Waals surface area contributed by atoms with E-state index in [2.05, 4.69) is 31.4 Å². The van der Waals surface area contributed by atoms with Crippen molar-refractivity contribution < 1.29 is 4.79 Å². The number of halogens is 1. The maximum absolute atomic E-state index is 12.1. The topological polar surface area (TPSA) is 59.3 Å². The highest BCUT2D eigenvalue weighted by Gasteiger charge is 2.09. The minimum Gasteiger partial charge on any atom is -0.323 e. The predicted octanol–water partition coefficient (Wildman–Crippen LogP) is 2.67. The van der Waals surface area contributed by atoms with Crippen LogP contribution in [0.4, 0.5) is 5.69 Å². The summed E-state index contributed by atoms with van der Waals surface area (Å²) in [4.78, 5) is 12.1. The molecule has 0 saturated heterocycles. The number of nitrogens with zero attached hydrogens (tertiary/aromatic N) is 3. The zero-order valence-electron chi connectivity index (χ0n) is 10.5. The number of pyridine rings is 1. The first-order chi connectivity index (χ1) is 9.72. The number of hydrogen-bond donors (Lipinski definition) is 1. The molecule has 6 heteroatoms. The maximum atomic E-state index is 12.1. The van der Waals surface area contributed by atoms with Gasteiger partial charge in [-0.3, -0.25) is 9.20 Å². The van der Waals surface area contributed by atoms with Gasteiger partial charge in [0.1, 0.15) is 6.33 Å². The van der Waals surface area contributed by atoms with Gasteiger partial charge < -0.3 is 5.32 Å². The number of carbonyl (C=O) groups excluding carboxylic acids is 1. The highest BCUT2D eigenvalue weighted by molar-refractivity contribution is 9.10. The van der Waals surface area contributed by atoms with Crippen LogP contribution in [0.3, 0.4) is 0 Å². The zero-order chi connectivity index (χ0) is 13.9. The van der Waals surface area contributed by atoms with E-state index in [0.29, 0.717) is 17.8 Å². The summed E-state index contributed by atoms with van der Waals surface area (Å²) in [7, 11) is 0. The van der Waals surface area contributed by atoms with E-state index in [-0.39, 0.29) is 5.91 Å². The number of rotatable bonds is 3. The minimum atomic E-state index is -0.0841. The quantitative estimate of drug-likeness (QED) is 0.803. The molecule has 5 nitrogen and oxygen atoms in total. The van der Waals surface area contributed by atoms with E-state index in [9.17, 15) is 4.79 Å². The second-order valence-electron chi connectivity index (χ2n) is 4.34. The lowest BCUT2D eigenvalue weighted by Crippen LogP contribution is -2.15. The molecule has 2 heterocycles. The van der Waals surface area contributed by atoms with Gasteiger partial charge in [0.25, 0.3) is 0 Å². The van der Waals surface area contributed by atoms with E-state index < -0.39 is 0 Å². The van der Waals surface area contributed by atoms with Gasteiger partial charge >= 0.3 is 0 Å². The molecule has 1 amide bonds. The normalized spacial score (nSPS) is 10.7. The number of benzene rings is 1. The average Bonchev–Trinajstić information content (AvgIpc) is 2.88. The molecule has 100 valence electrons. The lowest BCUT2D eigenvalue weighted by Gasteiger charge is -2.07. The van der Waals surface area contributed by atoms with Crippen LogP contribution in [-0.2, 0) is 11.2 Å². The van der Waals surface area contributed by atoms with E-state index in [4.69, 9.17) is 0 Å². The van der Waals surface area contributed by atoms with Crippen molar-refractivity contribution in [3.63, 3.8) is 0 Å². The van der Waals surface area contributed by atoms with Crippen LogP contribution in [0, 0.1) is 0 Å². The molecule has 0 spiro atoms. The molecule has 0 unspecified atom stereocenters. The minimum absolute atomic E-state index is 0.0841. The molecule has 3 rings (SSSR count). The van der Waals surface area contributed by atoms with Gasteiger partial charge in [-0.1, -0.05) is 30.3 Å². The second-order valence-corrected chi connectivity index (χ2v) is 5.26. The van der Waals surface area contributed by atoms with Gasteiger partial charge in [0.05, 0.1) is 12.1 Å². The molecular weight excluding hydrogens is 320 g/mol. The second kappa shape index (κ2) is 5.42. The molecule has 1 aromatic carbocycles. The van der Waals surface area contributed by atoms with Gasteiger partial charge in [-0.05, 0) is 27.6 Å². The van der Waals surface area contributed by atoms with Crippen molar-refractivity contribution in [2.24, 2.45) is 0 Å². The Morgan fingerprint density at radius 3 is 2.90 bits per heavy atom. The Bertz CT molecular complexity index is 754. The SMILES string of the molecule is O=C(Cc1ccccc1)Nc1cc(Br)cn2cnnc12. The van der Waals surface area contributed by atoms with Crippen molar-refractivity contribution in [3.8, 4) is 0 Å². The van der Waals surface area contributed by atoms with Crippen LogP contribution in [0.15, 0.2) is 53.4 Å². The summed E-state index contributed by atoms with van der Waals surface area (Å²) in [5, 5.41) is 10.7. The number of aromatic nitrogens is 3. The molecule has 20 heavy (non-hydrogen) atoms.